The van der Waals surface area contributed by atoms with Gasteiger partial charge in [0.1, 0.15) is 0 Å². The summed E-state index contributed by atoms with van der Waals surface area (Å²) in [5.74, 6) is 0. The van der Waals surface area contributed by atoms with Gasteiger partial charge in [-0.15, -0.1) is 0 Å². The van der Waals surface area contributed by atoms with E-state index in [1.165, 1.54) is 11.8 Å². The normalized spacial score (nSPS) is 11.8. The van der Waals surface area contributed by atoms with Gasteiger partial charge < -0.3 is 0 Å². The first kappa shape index (κ1) is 19.9. The van der Waals surface area contributed by atoms with Crippen molar-refractivity contribution in [2.45, 2.75) is 33.5 Å². The van der Waals surface area contributed by atoms with Crippen LogP contribution < -0.4 is 0 Å². The van der Waals surface area contributed by atoms with E-state index in [4.69, 9.17) is 0 Å². The summed E-state index contributed by atoms with van der Waals surface area (Å²) in [5, 5.41) is 10.3. The van der Waals surface area contributed by atoms with Crippen LogP contribution in [0.25, 0.3) is 22.3 Å². The van der Waals surface area contributed by atoms with Crippen LogP contribution in [0.2, 0.25) is 0 Å². The number of aryl methyl sites for hydroxylation is 2. The van der Waals surface area contributed by atoms with Gasteiger partial charge in [0.25, 0.3) is 0 Å². The summed E-state index contributed by atoms with van der Waals surface area (Å²) in [6, 6.07) is 15.4. The highest BCUT2D eigenvalue weighted by Crippen LogP contribution is 2.35. The van der Waals surface area contributed by atoms with Crippen LogP contribution in [0.1, 0.15) is 28.2 Å². The van der Waals surface area contributed by atoms with Gasteiger partial charge in [-0.25, -0.2) is 0 Å². The van der Waals surface area contributed by atoms with E-state index in [1.807, 2.05) is 30.7 Å². The smallest absolute Gasteiger partial charge is 0.284 e. The van der Waals surface area contributed by atoms with Crippen LogP contribution in [0.15, 0.2) is 54.7 Å². The van der Waals surface area contributed by atoms with Gasteiger partial charge in [-0.2, -0.15) is 23.4 Å². The number of hydrogen-bond donors (Lipinski definition) is 1. The summed E-state index contributed by atoms with van der Waals surface area (Å²) < 4.78 is 41.2. The van der Waals surface area contributed by atoms with Crippen LogP contribution in [0, 0.1) is 20.8 Å². The highest BCUT2D eigenvalue weighted by Gasteiger charge is 2.36. The van der Waals surface area contributed by atoms with Crippen molar-refractivity contribution in [3.8, 4) is 22.3 Å². The number of nitrogens with zero attached hydrogens (tertiary/aromatic N) is 3. The molecule has 2 aromatic carbocycles. The lowest BCUT2D eigenvalue weighted by Crippen LogP contribution is -2.07. The molecule has 2 heterocycles. The molecule has 0 aliphatic heterocycles. The molecule has 4 aromatic rings. The molecule has 0 aliphatic carbocycles. The molecule has 0 amide bonds. The highest BCUT2D eigenvalue weighted by molar-refractivity contribution is 5.69. The molecule has 154 valence electrons. The van der Waals surface area contributed by atoms with E-state index >= 15 is 0 Å². The van der Waals surface area contributed by atoms with Crippen molar-refractivity contribution >= 4 is 0 Å². The van der Waals surface area contributed by atoms with Gasteiger partial charge in [-0.1, -0.05) is 54.1 Å². The average molecular weight is 410 g/mol. The molecule has 7 heteroatoms. The maximum Gasteiger partial charge on any atom is 0.435 e. The molecule has 0 aliphatic rings. The Morgan fingerprint density at radius 2 is 1.53 bits per heavy atom. The molecule has 0 spiro atoms. The minimum atomic E-state index is -4.50. The summed E-state index contributed by atoms with van der Waals surface area (Å²) in [4.78, 5) is 0. The first-order chi connectivity index (χ1) is 14.2. The number of hydrogen-bond acceptors (Lipinski definition) is 2. The van der Waals surface area contributed by atoms with Crippen molar-refractivity contribution < 1.29 is 13.2 Å². The van der Waals surface area contributed by atoms with Crippen molar-refractivity contribution in [1.82, 2.24) is 20.0 Å². The summed E-state index contributed by atoms with van der Waals surface area (Å²) in [6.07, 6.45) is -3.23. The molecule has 2 aromatic heterocycles. The van der Waals surface area contributed by atoms with Gasteiger partial charge in [-0.05, 0) is 37.5 Å². The predicted octanol–water partition coefficient (Wildman–Crippen LogP) is 5.93. The monoisotopic (exact) mass is 410 g/mol. The third kappa shape index (κ3) is 3.75. The number of H-pyrrole nitrogens is 1. The first-order valence-electron chi connectivity index (χ1n) is 9.55. The van der Waals surface area contributed by atoms with Gasteiger partial charge in [0.15, 0.2) is 5.69 Å². The lowest BCUT2D eigenvalue weighted by molar-refractivity contribution is -0.140. The molecule has 0 unspecified atom stereocenters. The van der Waals surface area contributed by atoms with Gasteiger partial charge >= 0.3 is 6.18 Å². The van der Waals surface area contributed by atoms with Gasteiger partial charge in [0.05, 0.1) is 12.2 Å². The average Bonchev–Trinajstić information content (AvgIpc) is 3.29. The second-order valence-electron chi connectivity index (χ2n) is 7.41. The van der Waals surface area contributed by atoms with Crippen molar-refractivity contribution in [2.24, 2.45) is 0 Å². The number of alkyl halides is 3. The Balaban J connectivity index is 1.60. The molecule has 4 rings (SSSR count). The van der Waals surface area contributed by atoms with Crippen LogP contribution in [0.5, 0.6) is 0 Å². The zero-order valence-corrected chi connectivity index (χ0v) is 16.9. The number of aromatic nitrogens is 4. The molecule has 0 saturated carbocycles. The van der Waals surface area contributed by atoms with Gasteiger partial charge in [0, 0.05) is 23.0 Å². The fraction of sp³-hybridized carbons (Fsp3) is 0.217. The Kier molecular flexibility index (Phi) is 4.97. The quantitative estimate of drug-likeness (QED) is 0.453. The minimum absolute atomic E-state index is 0.0434. The van der Waals surface area contributed by atoms with E-state index in [-0.39, 0.29) is 5.56 Å². The Morgan fingerprint density at radius 3 is 2.17 bits per heavy atom. The molecule has 1 N–H and O–H groups in total. The standard InChI is InChI=1S/C23H21F3N4/c1-14-4-8-19(9-5-14)21-15(2)29-30(16(21)3)13-17-6-10-18(11-7-17)20-12-27-28-22(20)23(24,25)26/h4-12H,13H2,1-3H3,(H,27,28). The summed E-state index contributed by atoms with van der Waals surface area (Å²) in [7, 11) is 0. The third-order valence-corrected chi connectivity index (χ3v) is 5.23. The van der Waals surface area contributed by atoms with Gasteiger partial charge in [-0.3, -0.25) is 9.78 Å². The fourth-order valence-electron chi connectivity index (χ4n) is 3.68. The molecule has 0 radical (unpaired) electrons. The molecular formula is C23H21F3N4. The van der Waals surface area contributed by atoms with Crippen molar-refractivity contribution in [2.75, 3.05) is 0 Å². The number of benzene rings is 2. The summed E-state index contributed by atoms with van der Waals surface area (Å²) >= 11 is 0. The van der Waals surface area contributed by atoms with Crippen LogP contribution in [0.3, 0.4) is 0 Å². The van der Waals surface area contributed by atoms with Crippen LogP contribution in [-0.4, -0.2) is 20.0 Å². The Hall–Kier alpha value is -3.35. The van der Waals surface area contributed by atoms with E-state index in [1.54, 1.807) is 12.1 Å². The van der Waals surface area contributed by atoms with Crippen LogP contribution >= 0.6 is 0 Å². The molecule has 30 heavy (non-hydrogen) atoms. The van der Waals surface area contributed by atoms with E-state index in [9.17, 15) is 13.2 Å². The molecule has 0 saturated heterocycles. The molecular weight excluding hydrogens is 389 g/mol. The summed E-state index contributed by atoms with van der Waals surface area (Å²) in [6.45, 7) is 6.61. The molecule has 0 bridgehead atoms. The lowest BCUT2D eigenvalue weighted by Gasteiger charge is -2.09. The zero-order valence-electron chi connectivity index (χ0n) is 16.9. The van der Waals surface area contributed by atoms with E-state index in [2.05, 4.69) is 46.5 Å². The van der Waals surface area contributed by atoms with E-state index in [0.29, 0.717) is 12.1 Å². The molecule has 4 nitrogen and oxygen atoms in total. The van der Waals surface area contributed by atoms with Crippen molar-refractivity contribution in [1.29, 1.82) is 0 Å². The van der Waals surface area contributed by atoms with E-state index in [0.717, 1.165) is 28.1 Å². The largest absolute Gasteiger partial charge is 0.435 e. The first-order valence-corrected chi connectivity index (χ1v) is 9.55. The number of halogens is 3. The Bertz CT molecular complexity index is 1170. The second kappa shape index (κ2) is 7.48. The predicted molar refractivity (Wildman–Crippen MR) is 110 cm³/mol. The van der Waals surface area contributed by atoms with Gasteiger partial charge in [0.2, 0.25) is 0 Å². The van der Waals surface area contributed by atoms with Crippen LogP contribution in [-0.2, 0) is 12.7 Å². The Labute approximate surface area is 172 Å². The number of rotatable bonds is 4. The molecule has 0 fully saturated rings. The molecule has 0 atom stereocenters. The van der Waals surface area contributed by atoms with Crippen LogP contribution in [0.4, 0.5) is 13.2 Å². The maximum absolute atomic E-state index is 13.1. The maximum atomic E-state index is 13.1. The van der Waals surface area contributed by atoms with Crippen molar-refractivity contribution in [3.63, 3.8) is 0 Å². The summed E-state index contributed by atoms with van der Waals surface area (Å²) in [5.41, 5.74) is 5.99. The SMILES string of the molecule is Cc1ccc(-c2c(C)nn(Cc3ccc(-c4c[nH]nc4C(F)(F)F)cc3)c2C)cc1. The Morgan fingerprint density at radius 1 is 0.900 bits per heavy atom. The lowest BCUT2D eigenvalue weighted by atomic mass is 10.0. The minimum Gasteiger partial charge on any atom is -0.284 e. The number of nitrogens with one attached hydrogen (secondary N) is 1. The zero-order chi connectivity index (χ0) is 21.5. The highest BCUT2D eigenvalue weighted by atomic mass is 19.4. The fourth-order valence-corrected chi connectivity index (χ4v) is 3.68. The second-order valence-corrected chi connectivity index (χ2v) is 7.41. The number of aromatic amines is 1. The van der Waals surface area contributed by atoms with Crippen molar-refractivity contribution in [3.05, 3.63) is 82.9 Å². The topological polar surface area (TPSA) is 46.5 Å². The third-order valence-electron chi connectivity index (χ3n) is 5.23. The van der Waals surface area contributed by atoms with E-state index < -0.39 is 11.9 Å².